The Morgan fingerprint density at radius 2 is 2.04 bits per heavy atom. The first-order valence-electron chi connectivity index (χ1n) is 8.56. The van der Waals surface area contributed by atoms with Crippen molar-refractivity contribution in [2.75, 3.05) is 18.4 Å². The van der Waals surface area contributed by atoms with E-state index in [-0.39, 0.29) is 17.6 Å². The van der Waals surface area contributed by atoms with Crippen LogP contribution in [0.25, 0.3) is 0 Å². The number of nitriles is 1. The fraction of sp³-hybridized carbons (Fsp3) is 0.300. The summed E-state index contributed by atoms with van der Waals surface area (Å²) in [6.45, 7) is 2.41. The van der Waals surface area contributed by atoms with Gasteiger partial charge in [0.05, 0.1) is 17.3 Å². The highest BCUT2D eigenvalue weighted by Crippen LogP contribution is 2.28. The molecule has 0 bridgehead atoms. The Kier molecular flexibility index (Phi) is 5.77. The first-order chi connectivity index (χ1) is 12.5. The second kappa shape index (κ2) is 8.22. The first kappa shape index (κ1) is 18.2. The smallest absolute Gasteiger partial charge is 0.227 e. The monoisotopic (exact) mass is 369 g/mol. The maximum atomic E-state index is 12.5. The van der Waals surface area contributed by atoms with Crippen LogP contribution in [0, 0.1) is 17.2 Å². The summed E-state index contributed by atoms with van der Waals surface area (Å²) in [6, 6.07) is 14.4. The summed E-state index contributed by atoms with van der Waals surface area (Å²) in [5.74, 6) is -0.165. The lowest BCUT2D eigenvalue weighted by Crippen LogP contribution is -2.37. The average Bonchev–Trinajstić information content (AvgIpc) is 2.65. The predicted octanol–water partition coefficient (Wildman–Crippen LogP) is 3.77. The molecule has 1 aliphatic rings. The number of anilines is 1. The third-order valence-corrected chi connectivity index (χ3v) is 4.87. The van der Waals surface area contributed by atoms with Gasteiger partial charge in [0, 0.05) is 17.5 Å². The van der Waals surface area contributed by atoms with Gasteiger partial charge >= 0.3 is 0 Å². The Morgan fingerprint density at radius 1 is 1.27 bits per heavy atom. The maximum Gasteiger partial charge on any atom is 0.227 e. The number of carbonyl (C=O) groups is 1. The number of phenolic OH excluding ortho intramolecular Hbond substituents is 1. The van der Waals surface area contributed by atoms with Crippen LogP contribution in [0.5, 0.6) is 5.75 Å². The van der Waals surface area contributed by atoms with Gasteiger partial charge in [-0.25, -0.2) is 0 Å². The van der Waals surface area contributed by atoms with Crippen LogP contribution in [0.2, 0.25) is 5.02 Å². The van der Waals surface area contributed by atoms with Crippen molar-refractivity contribution < 1.29 is 9.90 Å². The molecule has 1 amide bonds. The second-order valence-electron chi connectivity index (χ2n) is 6.51. The van der Waals surface area contributed by atoms with Crippen molar-refractivity contribution in [3.05, 3.63) is 58.6 Å². The minimum absolute atomic E-state index is 0.0116. The van der Waals surface area contributed by atoms with Gasteiger partial charge in [0.1, 0.15) is 5.75 Å². The molecule has 1 saturated heterocycles. The minimum atomic E-state index is -0.0892. The molecule has 0 unspecified atom stereocenters. The van der Waals surface area contributed by atoms with Crippen LogP contribution in [-0.2, 0) is 11.3 Å². The quantitative estimate of drug-likeness (QED) is 0.804. The molecular weight excluding hydrogens is 350 g/mol. The normalized spacial score (nSPS) is 15.4. The Hall–Kier alpha value is -2.55. The van der Waals surface area contributed by atoms with E-state index < -0.39 is 0 Å². The molecule has 3 rings (SSSR count). The summed E-state index contributed by atoms with van der Waals surface area (Å²) in [6.07, 6.45) is 1.51. The van der Waals surface area contributed by atoms with Crippen molar-refractivity contribution in [2.24, 2.45) is 5.92 Å². The molecule has 1 heterocycles. The number of nitrogens with zero attached hydrogens (tertiary/aromatic N) is 2. The van der Waals surface area contributed by atoms with Gasteiger partial charge in [0.15, 0.2) is 0 Å². The molecule has 2 aromatic carbocycles. The Balaban J connectivity index is 1.53. The van der Waals surface area contributed by atoms with Crippen LogP contribution in [0.4, 0.5) is 5.69 Å². The summed E-state index contributed by atoms with van der Waals surface area (Å²) in [5, 5.41) is 22.1. The number of hydrogen-bond acceptors (Lipinski definition) is 4. The molecule has 2 N–H and O–H groups in total. The van der Waals surface area contributed by atoms with Gasteiger partial charge in [-0.05, 0) is 61.8 Å². The van der Waals surface area contributed by atoms with Crippen LogP contribution < -0.4 is 5.32 Å². The van der Waals surface area contributed by atoms with Crippen LogP contribution in [-0.4, -0.2) is 29.0 Å². The highest BCUT2D eigenvalue weighted by atomic mass is 35.5. The lowest BCUT2D eigenvalue weighted by Gasteiger charge is -2.31. The van der Waals surface area contributed by atoms with Crippen LogP contribution in [0.1, 0.15) is 24.0 Å². The van der Waals surface area contributed by atoms with Crippen molar-refractivity contribution in [3.8, 4) is 11.8 Å². The zero-order valence-corrected chi connectivity index (χ0v) is 15.0. The van der Waals surface area contributed by atoms with E-state index in [1.54, 1.807) is 18.2 Å². The topological polar surface area (TPSA) is 76.4 Å². The average molecular weight is 370 g/mol. The van der Waals surface area contributed by atoms with Crippen LogP contribution in [0.15, 0.2) is 42.5 Å². The zero-order chi connectivity index (χ0) is 18.5. The highest BCUT2D eigenvalue weighted by molar-refractivity contribution is 6.31. The molecule has 0 spiro atoms. The lowest BCUT2D eigenvalue weighted by atomic mass is 9.95. The summed E-state index contributed by atoms with van der Waals surface area (Å²) >= 11 is 5.91. The molecule has 0 aliphatic carbocycles. The van der Waals surface area contributed by atoms with Crippen LogP contribution >= 0.6 is 11.6 Å². The van der Waals surface area contributed by atoms with Gasteiger partial charge in [-0.1, -0.05) is 23.7 Å². The standard InChI is InChI=1S/C20H20ClN3O2/c21-17-4-5-19(25)18(11-17)23-20(26)16-6-8-24(9-7-16)13-15-3-1-2-14(10-15)12-22/h1-5,10-11,16,25H,6-9,13H2,(H,23,26). The third-order valence-electron chi connectivity index (χ3n) is 4.64. The molecule has 0 atom stereocenters. The fourth-order valence-electron chi connectivity index (χ4n) is 3.19. The molecule has 1 fully saturated rings. The Morgan fingerprint density at radius 3 is 2.77 bits per heavy atom. The molecule has 134 valence electrons. The van der Waals surface area contributed by atoms with E-state index in [4.69, 9.17) is 16.9 Å². The second-order valence-corrected chi connectivity index (χ2v) is 6.95. The van der Waals surface area contributed by atoms with E-state index >= 15 is 0 Å². The maximum absolute atomic E-state index is 12.5. The van der Waals surface area contributed by atoms with E-state index in [0.717, 1.165) is 38.0 Å². The number of phenols is 1. The molecule has 0 saturated carbocycles. The van der Waals surface area contributed by atoms with Crippen molar-refractivity contribution in [3.63, 3.8) is 0 Å². The predicted molar refractivity (Wildman–Crippen MR) is 101 cm³/mol. The van der Waals surface area contributed by atoms with Crippen molar-refractivity contribution >= 4 is 23.2 Å². The number of likely N-dealkylation sites (tertiary alicyclic amines) is 1. The highest BCUT2D eigenvalue weighted by Gasteiger charge is 2.25. The first-order valence-corrected chi connectivity index (χ1v) is 8.94. The van der Waals surface area contributed by atoms with E-state index in [0.29, 0.717) is 16.3 Å². The van der Waals surface area contributed by atoms with Gasteiger partial charge < -0.3 is 10.4 Å². The summed E-state index contributed by atoms with van der Waals surface area (Å²) in [4.78, 5) is 14.7. The number of amides is 1. The number of aromatic hydroxyl groups is 1. The molecule has 0 aromatic heterocycles. The molecule has 2 aromatic rings. The number of piperidine rings is 1. The largest absolute Gasteiger partial charge is 0.506 e. The minimum Gasteiger partial charge on any atom is -0.506 e. The fourth-order valence-corrected chi connectivity index (χ4v) is 3.37. The summed E-state index contributed by atoms with van der Waals surface area (Å²) in [7, 11) is 0. The van der Waals surface area contributed by atoms with E-state index in [2.05, 4.69) is 16.3 Å². The molecule has 26 heavy (non-hydrogen) atoms. The van der Waals surface area contributed by atoms with Crippen molar-refractivity contribution in [2.45, 2.75) is 19.4 Å². The number of halogens is 1. The molecular formula is C20H20ClN3O2. The zero-order valence-electron chi connectivity index (χ0n) is 14.3. The number of hydrogen-bond donors (Lipinski definition) is 2. The number of nitrogens with one attached hydrogen (secondary N) is 1. The van der Waals surface area contributed by atoms with E-state index in [1.807, 2.05) is 18.2 Å². The number of rotatable bonds is 4. The molecule has 5 nitrogen and oxygen atoms in total. The number of benzene rings is 2. The SMILES string of the molecule is N#Cc1cccc(CN2CCC(C(=O)Nc3cc(Cl)ccc3O)CC2)c1. The summed E-state index contributed by atoms with van der Waals surface area (Å²) in [5.41, 5.74) is 2.12. The van der Waals surface area contributed by atoms with Gasteiger partial charge in [-0.2, -0.15) is 5.26 Å². The Labute approximate surface area is 157 Å². The van der Waals surface area contributed by atoms with Gasteiger partial charge in [-0.15, -0.1) is 0 Å². The van der Waals surface area contributed by atoms with E-state index in [9.17, 15) is 9.90 Å². The van der Waals surface area contributed by atoms with Crippen molar-refractivity contribution in [1.82, 2.24) is 4.90 Å². The van der Waals surface area contributed by atoms with Gasteiger partial charge in [-0.3, -0.25) is 9.69 Å². The molecule has 1 aliphatic heterocycles. The molecule has 0 radical (unpaired) electrons. The van der Waals surface area contributed by atoms with Gasteiger partial charge in [0.25, 0.3) is 0 Å². The van der Waals surface area contributed by atoms with Gasteiger partial charge in [0.2, 0.25) is 5.91 Å². The van der Waals surface area contributed by atoms with Crippen LogP contribution in [0.3, 0.4) is 0 Å². The molecule has 6 heteroatoms. The summed E-state index contributed by atoms with van der Waals surface area (Å²) < 4.78 is 0. The lowest BCUT2D eigenvalue weighted by molar-refractivity contribution is -0.121. The van der Waals surface area contributed by atoms with Crippen molar-refractivity contribution in [1.29, 1.82) is 5.26 Å². The third kappa shape index (κ3) is 4.54. The Bertz CT molecular complexity index is 839. The van der Waals surface area contributed by atoms with E-state index in [1.165, 1.54) is 6.07 Å². The number of carbonyl (C=O) groups excluding carboxylic acids is 1.